The van der Waals surface area contributed by atoms with Crippen LogP contribution in [-0.4, -0.2) is 49.6 Å². The quantitative estimate of drug-likeness (QED) is 0.649. The summed E-state index contributed by atoms with van der Waals surface area (Å²) >= 11 is 1.73. The number of nitrogens with one attached hydrogen (secondary N) is 2. The summed E-state index contributed by atoms with van der Waals surface area (Å²) in [6.45, 7) is 3.92. The second kappa shape index (κ2) is 6.91. The van der Waals surface area contributed by atoms with Crippen LogP contribution in [-0.2, 0) is 6.54 Å². The van der Waals surface area contributed by atoms with Crippen LogP contribution in [0.3, 0.4) is 0 Å². The number of fused-ring (bicyclic) bond motifs is 1. The Balaban J connectivity index is 1.41. The highest BCUT2D eigenvalue weighted by Crippen LogP contribution is 2.33. The Morgan fingerprint density at radius 3 is 3.00 bits per heavy atom. The highest BCUT2D eigenvalue weighted by atomic mass is 32.1. The van der Waals surface area contributed by atoms with Crippen molar-refractivity contribution < 1.29 is 9.90 Å². The number of aromatic amines is 1. The summed E-state index contributed by atoms with van der Waals surface area (Å²) in [5.41, 5.74) is 3.79. The van der Waals surface area contributed by atoms with Gasteiger partial charge in [-0.1, -0.05) is 5.21 Å². The molecule has 0 spiro atoms. The van der Waals surface area contributed by atoms with E-state index in [-0.39, 0.29) is 0 Å². The van der Waals surface area contributed by atoms with Crippen LogP contribution in [0.1, 0.15) is 34.3 Å². The summed E-state index contributed by atoms with van der Waals surface area (Å²) in [6.07, 6.45) is 0.858. The number of hydrogen-bond donors (Lipinski definition) is 3. The van der Waals surface area contributed by atoms with Gasteiger partial charge in [-0.15, -0.1) is 16.4 Å². The van der Waals surface area contributed by atoms with E-state index in [1.807, 2.05) is 25.1 Å². The molecular weight excluding hydrogens is 352 g/mol. The summed E-state index contributed by atoms with van der Waals surface area (Å²) in [5, 5.41) is 24.3. The number of nitrogens with zero attached hydrogens (tertiary/aromatic N) is 4. The zero-order chi connectivity index (χ0) is 18.1. The van der Waals surface area contributed by atoms with Crippen molar-refractivity contribution >= 4 is 34.2 Å². The summed E-state index contributed by atoms with van der Waals surface area (Å²) in [5.74, 6) is 0.356. The van der Waals surface area contributed by atoms with Gasteiger partial charge in [-0.3, -0.25) is 5.10 Å². The molecule has 0 bridgehead atoms. The first-order valence-corrected chi connectivity index (χ1v) is 9.40. The molecule has 26 heavy (non-hydrogen) atoms. The van der Waals surface area contributed by atoms with Gasteiger partial charge in [-0.05, 0) is 38.0 Å². The van der Waals surface area contributed by atoms with E-state index in [1.54, 1.807) is 11.3 Å². The molecule has 1 amide bonds. The first-order chi connectivity index (χ1) is 12.6. The summed E-state index contributed by atoms with van der Waals surface area (Å²) < 4.78 is 0. The Kier molecular flexibility index (Phi) is 4.46. The van der Waals surface area contributed by atoms with E-state index in [4.69, 9.17) is 10.1 Å². The van der Waals surface area contributed by atoms with Crippen molar-refractivity contribution in [2.75, 3.05) is 18.4 Å². The van der Waals surface area contributed by atoms with Crippen LogP contribution in [0.25, 0.3) is 11.0 Å². The highest BCUT2D eigenvalue weighted by molar-refractivity contribution is 7.11. The van der Waals surface area contributed by atoms with Crippen LogP contribution in [0.5, 0.6) is 0 Å². The van der Waals surface area contributed by atoms with Gasteiger partial charge in [0.2, 0.25) is 0 Å². The average molecular weight is 372 g/mol. The Morgan fingerprint density at radius 2 is 2.23 bits per heavy atom. The molecule has 3 N–H and O–H groups in total. The molecule has 2 aromatic heterocycles. The third-order valence-corrected chi connectivity index (χ3v) is 6.12. The van der Waals surface area contributed by atoms with Gasteiger partial charge in [0.1, 0.15) is 5.52 Å². The number of hydrogen-bond acceptors (Lipinski definition) is 6. The molecule has 0 saturated carbocycles. The van der Waals surface area contributed by atoms with Gasteiger partial charge in [0.25, 0.3) is 0 Å². The number of carbonyl (C=O) groups is 1. The topological polar surface area (TPSA) is 107 Å². The Hall–Kier alpha value is -2.68. The second-order valence-corrected chi connectivity index (χ2v) is 7.62. The lowest BCUT2D eigenvalue weighted by atomic mass is 9.98. The van der Waals surface area contributed by atoms with E-state index in [1.165, 1.54) is 9.78 Å². The first kappa shape index (κ1) is 16.8. The third-order valence-electron chi connectivity index (χ3n) is 4.80. The predicted octanol–water partition coefficient (Wildman–Crippen LogP) is 3.19. The lowest BCUT2D eigenvalue weighted by Gasteiger charge is -2.28. The highest BCUT2D eigenvalue weighted by Gasteiger charge is 2.26. The normalized spacial score (nSPS) is 15.5. The second-order valence-electron chi connectivity index (χ2n) is 6.50. The van der Waals surface area contributed by atoms with Crippen molar-refractivity contribution in [1.29, 1.82) is 0 Å². The number of amides is 1. The van der Waals surface area contributed by atoms with Gasteiger partial charge in [-0.25, -0.2) is 9.78 Å². The van der Waals surface area contributed by atoms with Crippen LogP contribution in [0.2, 0.25) is 0 Å². The number of rotatable bonds is 4. The molecule has 1 saturated heterocycles. The molecule has 0 atom stereocenters. The Bertz CT molecular complexity index is 928. The monoisotopic (exact) mass is 372 g/mol. The van der Waals surface area contributed by atoms with Crippen molar-refractivity contribution in [3.63, 3.8) is 0 Å². The van der Waals surface area contributed by atoms with E-state index in [2.05, 4.69) is 20.7 Å². The van der Waals surface area contributed by atoms with Crippen molar-refractivity contribution in [1.82, 2.24) is 25.3 Å². The molecule has 4 rings (SSSR count). The zero-order valence-electron chi connectivity index (χ0n) is 14.4. The van der Waals surface area contributed by atoms with Crippen molar-refractivity contribution in [2.24, 2.45) is 0 Å². The summed E-state index contributed by atoms with van der Waals surface area (Å²) in [4.78, 5) is 18.5. The standard InChI is InChI=1S/C17H20N6O2S/c1-10-15(9-18-12-2-3-13-14(8-12)21-22-20-13)26-16(19-10)11-4-6-23(7-5-11)17(24)25/h2-3,8,11,18H,4-7,9H2,1H3,(H,24,25)(H,20,21,22). The molecule has 1 aliphatic rings. The van der Waals surface area contributed by atoms with Gasteiger partial charge in [-0.2, -0.15) is 0 Å². The third kappa shape index (κ3) is 3.34. The molecule has 9 heteroatoms. The van der Waals surface area contributed by atoms with Crippen LogP contribution in [0.15, 0.2) is 18.2 Å². The minimum atomic E-state index is -0.826. The summed E-state index contributed by atoms with van der Waals surface area (Å²) in [6, 6.07) is 5.93. The number of carboxylic acid groups (broad SMARTS) is 1. The minimum Gasteiger partial charge on any atom is -0.465 e. The number of benzene rings is 1. The predicted molar refractivity (Wildman–Crippen MR) is 99.6 cm³/mol. The summed E-state index contributed by atoms with van der Waals surface area (Å²) in [7, 11) is 0. The van der Waals surface area contributed by atoms with Gasteiger partial charge in [0, 0.05) is 29.6 Å². The fourth-order valence-electron chi connectivity index (χ4n) is 3.24. The van der Waals surface area contributed by atoms with Crippen LogP contribution >= 0.6 is 11.3 Å². The Labute approximate surface area is 154 Å². The van der Waals surface area contributed by atoms with Crippen molar-refractivity contribution in [3.8, 4) is 0 Å². The molecule has 3 heterocycles. The maximum absolute atomic E-state index is 11.0. The van der Waals surface area contributed by atoms with Gasteiger partial charge in [0.15, 0.2) is 0 Å². The maximum Gasteiger partial charge on any atom is 0.407 e. The van der Waals surface area contributed by atoms with Crippen molar-refractivity contribution in [2.45, 2.75) is 32.2 Å². The largest absolute Gasteiger partial charge is 0.465 e. The molecule has 1 aliphatic heterocycles. The van der Waals surface area contributed by atoms with Crippen molar-refractivity contribution in [3.05, 3.63) is 33.8 Å². The molecule has 8 nitrogen and oxygen atoms in total. The van der Waals surface area contributed by atoms with Gasteiger partial charge < -0.3 is 15.3 Å². The Morgan fingerprint density at radius 1 is 1.42 bits per heavy atom. The number of aromatic nitrogens is 4. The first-order valence-electron chi connectivity index (χ1n) is 8.59. The molecule has 136 valence electrons. The van der Waals surface area contributed by atoms with E-state index >= 15 is 0 Å². The van der Waals surface area contributed by atoms with E-state index in [9.17, 15) is 4.79 Å². The van der Waals surface area contributed by atoms with E-state index in [0.29, 0.717) is 25.6 Å². The SMILES string of the molecule is Cc1nc(C2CCN(C(=O)O)CC2)sc1CNc1ccc2[nH]nnc2c1. The number of thiazole rings is 1. The van der Waals surface area contributed by atoms with Gasteiger partial charge >= 0.3 is 6.09 Å². The molecule has 0 radical (unpaired) electrons. The van der Waals surface area contributed by atoms with Gasteiger partial charge in [0.05, 0.1) is 22.8 Å². The number of anilines is 1. The average Bonchev–Trinajstić information content (AvgIpc) is 3.26. The fraction of sp³-hybridized carbons (Fsp3) is 0.412. The number of piperidine rings is 1. The lowest BCUT2D eigenvalue weighted by Crippen LogP contribution is -2.36. The molecule has 0 unspecified atom stereocenters. The van der Waals surface area contributed by atoms with Crippen LogP contribution in [0.4, 0.5) is 10.5 Å². The number of aryl methyl sites for hydroxylation is 1. The molecule has 1 fully saturated rings. The zero-order valence-corrected chi connectivity index (χ0v) is 15.2. The number of H-pyrrole nitrogens is 1. The smallest absolute Gasteiger partial charge is 0.407 e. The molecular formula is C17H20N6O2S. The van der Waals surface area contributed by atoms with Crippen LogP contribution in [0, 0.1) is 6.92 Å². The van der Waals surface area contributed by atoms with E-state index < -0.39 is 6.09 Å². The number of likely N-dealkylation sites (tertiary alicyclic amines) is 1. The van der Waals surface area contributed by atoms with E-state index in [0.717, 1.165) is 40.3 Å². The lowest BCUT2D eigenvalue weighted by molar-refractivity contribution is 0.132. The molecule has 0 aliphatic carbocycles. The molecule has 1 aromatic carbocycles. The molecule has 3 aromatic rings. The fourth-order valence-corrected chi connectivity index (χ4v) is 4.42. The van der Waals surface area contributed by atoms with Crippen LogP contribution < -0.4 is 5.32 Å². The minimum absolute atomic E-state index is 0.356. The maximum atomic E-state index is 11.0.